The molecule has 1 aliphatic rings. The highest BCUT2D eigenvalue weighted by Gasteiger charge is 2.25. The van der Waals surface area contributed by atoms with Crippen molar-refractivity contribution in [1.82, 2.24) is 0 Å². The van der Waals surface area contributed by atoms with Crippen LogP contribution in [0, 0.1) is 0 Å². The molecular formula is C17H14O3. The summed E-state index contributed by atoms with van der Waals surface area (Å²) in [6.07, 6.45) is 3.83. The van der Waals surface area contributed by atoms with Gasteiger partial charge in [-0.3, -0.25) is 4.79 Å². The first kappa shape index (κ1) is 12.5. The third kappa shape index (κ3) is 2.30. The molecule has 0 amide bonds. The van der Waals surface area contributed by atoms with E-state index in [2.05, 4.69) is 0 Å². The minimum Gasteiger partial charge on any atom is -0.497 e. The SMILES string of the molecule is COc1ccc(OC(=O)C2C=Cc3ccccc32)cc1. The molecular weight excluding hydrogens is 252 g/mol. The maximum absolute atomic E-state index is 12.2. The minimum absolute atomic E-state index is 0.267. The van der Waals surface area contributed by atoms with Gasteiger partial charge in [0.2, 0.25) is 0 Å². The number of hydrogen-bond donors (Lipinski definition) is 0. The molecule has 20 heavy (non-hydrogen) atoms. The van der Waals surface area contributed by atoms with Gasteiger partial charge in [-0.05, 0) is 35.4 Å². The molecule has 0 N–H and O–H groups in total. The van der Waals surface area contributed by atoms with Gasteiger partial charge in [-0.2, -0.15) is 0 Å². The Bertz CT molecular complexity index is 656. The molecule has 0 aromatic heterocycles. The van der Waals surface area contributed by atoms with Crippen molar-refractivity contribution in [2.45, 2.75) is 5.92 Å². The topological polar surface area (TPSA) is 35.5 Å². The lowest BCUT2D eigenvalue weighted by Gasteiger charge is -2.11. The predicted octanol–water partition coefficient (Wildman–Crippen LogP) is 3.41. The van der Waals surface area contributed by atoms with Crippen molar-refractivity contribution < 1.29 is 14.3 Å². The minimum atomic E-state index is -0.326. The second-order valence-corrected chi connectivity index (χ2v) is 4.56. The van der Waals surface area contributed by atoms with Crippen LogP contribution in [-0.4, -0.2) is 13.1 Å². The Morgan fingerprint density at radius 3 is 2.45 bits per heavy atom. The number of carbonyl (C=O) groups is 1. The molecule has 0 heterocycles. The van der Waals surface area contributed by atoms with Gasteiger partial charge in [0.25, 0.3) is 0 Å². The van der Waals surface area contributed by atoms with Gasteiger partial charge >= 0.3 is 5.97 Å². The molecule has 1 aliphatic carbocycles. The first-order valence-corrected chi connectivity index (χ1v) is 6.41. The molecule has 0 radical (unpaired) electrons. The predicted molar refractivity (Wildman–Crippen MR) is 76.8 cm³/mol. The van der Waals surface area contributed by atoms with Crippen LogP contribution < -0.4 is 9.47 Å². The number of esters is 1. The lowest BCUT2D eigenvalue weighted by Crippen LogP contribution is -2.16. The van der Waals surface area contributed by atoms with E-state index in [0.29, 0.717) is 5.75 Å². The second-order valence-electron chi connectivity index (χ2n) is 4.56. The number of rotatable bonds is 3. The fraction of sp³-hybridized carbons (Fsp3) is 0.118. The fourth-order valence-corrected chi connectivity index (χ4v) is 2.28. The van der Waals surface area contributed by atoms with Gasteiger partial charge < -0.3 is 9.47 Å². The van der Waals surface area contributed by atoms with Crippen LogP contribution in [-0.2, 0) is 4.79 Å². The highest BCUT2D eigenvalue weighted by molar-refractivity contribution is 5.87. The summed E-state index contributed by atoms with van der Waals surface area (Å²) in [5, 5.41) is 0. The largest absolute Gasteiger partial charge is 0.497 e. The van der Waals surface area contributed by atoms with Crippen molar-refractivity contribution in [2.75, 3.05) is 7.11 Å². The lowest BCUT2D eigenvalue weighted by atomic mass is 10.0. The summed E-state index contributed by atoms with van der Waals surface area (Å²) in [7, 11) is 1.60. The molecule has 100 valence electrons. The van der Waals surface area contributed by atoms with Gasteiger partial charge in [0.05, 0.1) is 7.11 Å². The fourth-order valence-electron chi connectivity index (χ4n) is 2.28. The molecule has 0 spiro atoms. The molecule has 2 aromatic carbocycles. The maximum atomic E-state index is 12.2. The van der Waals surface area contributed by atoms with Crippen molar-refractivity contribution in [2.24, 2.45) is 0 Å². The van der Waals surface area contributed by atoms with E-state index >= 15 is 0 Å². The van der Waals surface area contributed by atoms with Crippen molar-refractivity contribution >= 4 is 12.0 Å². The van der Waals surface area contributed by atoms with E-state index < -0.39 is 0 Å². The number of ether oxygens (including phenoxy) is 2. The average Bonchev–Trinajstić information content (AvgIpc) is 2.92. The zero-order valence-electron chi connectivity index (χ0n) is 11.1. The summed E-state index contributed by atoms with van der Waals surface area (Å²) in [5.74, 6) is 0.661. The summed E-state index contributed by atoms with van der Waals surface area (Å²) in [6.45, 7) is 0. The zero-order chi connectivity index (χ0) is 13.9. The lowest BCUT2D eigenvalue weighted by molar-refractivity contribution is -0.134. The van der Waals surface area contributed by atoms with E-state index in [4.69, 9.17) is 9.47 Å². The normalized spacial score (nSPS) is 15.8. The van der Waals surface area contributed by atoms with Gasteiger partial charge in [-0.25, -0.2) is 0 Å². The van der Waals surface area contributed by atoms with E-state index in [0.717, 1.165) is 16.9 Å². The van der Waals surface area contributed by atoms with Crippen molar-refractivity contribution in [3.05, 3.63) is 65.7 Å². The van der Waals surface area contributed by atoms with Crippen LogP contribution >= 0.6 is 0 Å². The number of fused-ring (bicyclic) bond motifs is 1. The number of methoxy groups -OCH3 is 1. The first-order valence-electron chi connectivity index (χ1n) is 6.41. The Morgan fingerprint density at radius 2 is 1.70 bits per heavy atom. The first-order chi connectivity index (χ1) is 9.78. The molecule has 0 aliphatic heterocycles. The van der Waals surface area contributed by atoms with Gasteiger partial charge in [0, 0.05) is 0 Å². The van der Waals surface area contributed by atoms with E-state index in [1.54, 1.807) is 31.4 Å². The molecule has 3 nitrogen and oxygen atoms in total. The molecule has 3 heteroatoms. The maximum Gasteiger partial charge on any atom is 0.322 e. The van der Waals surface area contributed by atoms with Gasteiger partial charge in [-0.15, -0.1) is 0 Å². The van der Waals surface area contributed by atoms with Crippen LogP contribution in [0.3, 0.4) is 0 Å². The number of hydrogen-bond acceptors (Lipinski definition) is 3. The van der Waals surface area contributed by atoms with Crippen molar-refractivity contribution in [1.29, 1.82) is 0 Å². The summed E-state index contributed by atoms with van der Waals surface area (Å²) in [4.78, 5) is 12.2. The Morgan fingerprint density at radius 1 is 1.00 bits per heavy atom. The van der Waals surface area contributed by atoms with Crippen LogP contribution in [0.4, 0.5) is 0 Å². The number of carbonyl (C=O) groups excluding carboxylic acids is 1. The van der Waals surface area contributed by atoms with Crippen molar-refractivity contribution in [3.63, 3.8) is 0 Å². The molecule has 0 saturated carbocycles. The third-order valence-corrected chi connectivity index (χ3v) is 3.33. The van der Waals surface area contributed by atoms with E-state index in [1.165, 1.54) is 0 Å². The Hall–Kier alpha value is -2.55. The molecule has 1 atom stereocenters. The van der Waals surface area contributed by atoms with Crippen molar-refractivity contribution in [3.8, 4) is 11.5 Å². The standard InChI is InChI=1S/C17H14O3/c1-19-13-7-9-14(10-8-13)20-17(18)16-11-6-12-4-2-3-5-15(12)16/h2-11,16H,1H3. The summed E-state index contributed by atoms with van der Waals surface area (Å²) in [5.41, 5.74) is 2.06. The van der Waals surface area contributed by atoms with Crippen LogP contribution in [0.2, 0.25) is 0 Å². The molecule has 0 bridgehead atoms. The van der Waals surface area contributed by atoms with Crippen LogP contribution in [0.1, 0.15) is 17.0 Å². The molecule has 1 unspecified atom stereocenters. The van der Waals surface area contributed by atoms with Crippen LogP contribution in [0.25, 0.3) is 6.08 Å². The summed E-state index contributed by atoms with van der Waals surface area (Å²) in [6, 6.07) is 14.8. The van der Waals surface area contributed by atoms with E-state index in [1.807, 2.05) is 36.4 Å². The van der Waals surface area contributed by atoms with Gasteiger partial charge in [0.1, 0.15) is 17.4 Å². The molecule has 2 aromatic rings. The smallest absolute Gasteiger partial charge is 0.322 e. The van der Waals surface area contributed by atoms with Gasteiger partial charge in [0.15, 0.2) is 0 Å². The Balaban J connectivity index is 1.76. The monoisotopic (exact) mass is 266 g/mol. The Labute approximate surface area is 117 Å². The third-order valence-electron chi connectivity index (χ3n) is 3.33. The van der Waals surface area contributed by atoms with E-state index in [9.17, 15) is 4.79 Å². The highest BCUT2D eigenvalue weighted by Crippen LogP contribution is 2.31. The highest BCUT2D eigenvalue weighted by atomic mass is 16.5. The van der Waals surface area contributed by atoms with E-state index in [-0.39, 0.29) is 11.9 Å². The van der Waals surface area contributed by atoms with Crippen LogP contribution in [0.15, 0.2) is 54.6 Å². The molecule has 0 saturated heterocycles. The quantitative estimate of drug-likeness (QED) is 0.631. The summed E-state index contributed by atoms with van der Waals surface area (Å²) >= 11 is 0. The van der Waals surface area contributed by atoms with Gasteiger partial charge in [-0.1, -0.05) is 36.4 Å². The summed E-state index contributed by atoms with van der Waals surface area (Å²) < 4.78 is 10.5. The average molecular weight is 266 g/mol. The number of benzene rings is 2. The van der Waals surface area contributed by atoms with Crippen LogP contribution in [0.5, 0.6) is 11.5 Å². The Kier molecular flexibility index (Phi) is 3.25. The molecule has 3 rings (SSSR count). The second kappa shape index (κ2) is 5.21. The molecule has 0 fully saturated rings. The zero-order valence-corrected chi connectivity index (χ0v) is 11.1.